The van der Waals surface area contributed by atoms with Crippen molar-refractivity contribution in [2.45, 2.75) is 31.9 Å². The molecule has 0 bridgehead atoms. The number of hydrogen-bond donors (Lipinski definition) is 1. The van der Waals surface area contributed by atoms with Crippen molar-refractivity contribution in [3.63, 3.8) is 0 Å². The Kier molecular flexibility index (Phi) is 5.87. The minimum atomic E-state index is -0.428. The summed E-state index contributed by atoms with van der Waals surface area (Å²) in [5.41, 5.74) is 0.986. The Morgan fingerprint density at radius 3 is 2.62 bits per heavy atom. The van der Waals surface area contributed by atoms with Crippen LogP contribution in [0.25, 0.3) is 0 Å². The number of nitrogens with zero attached hydrogens (tertiary/aromatic N) is 3. The molecule has 132 valence electrons. The highest BCUT2D eigenvalue weighted by molar-refractivity contribution is 5.78. The summed E-state index contributed by atoms with van der Waals surface area (Å²) in [6.07, 6.45) is 1.31. The number of amides is 1. The fraction of sp³-hybridized carbons (Fsp3) is 0.632. The zero-order valence-electron chi connectivity index (χ0n) is 14.6. The highest BCUT2D eigenvalue weighted by atomic mass is 16.3. The van der Waals surface area contributed by atoms with E-state index in [1.807, 2.05) is 35.2 Å². The molecule has 2 aliphatic rings. The van der Waals surface area contributed by atoms with Gasteiger partial charge >= 0.3 is 0 Å². The summed E-state index contributed by atoms with van der Waals surface area (Å²) in [6, 6.07) is 10.3. The maximum Gasteiger partial charge on any atom is 0.222 e. The first-order valence-corrected chi connectivity index (χ1v) is 9.10. The Hall–Kier alpha value is -1.43. The van der Waals surface area contributed by atoms with Crippen LogP contribution in [0.3, 0.4) is 0 Å². The molecular weight excluding hydrogens is 302 g/mol. The van der Waals surface area contributed by atoms with Crippen molar-refractivity contribution in [3.8, 4) is 0 Å². The van der Waals surface area contributed by atoms with Crippen LogP contribution in [0.15, 0.2) is 30.3 Å². The van der Waals surface area contributed by atoms with E-state index in [1.54, 1.807) is 0 Å². The molecule has 3 rings (SSSR count). The molecule has 24 heavy (non-hydrogen) atoms. The Morgan fingerprint density at radius 2 is 1.96 bits per heavy atom. The number of rotatable bonds is 6. The molecule has 1 N–H and O–H groups in total. The van der Waals surface area contributed by atoms with Gasteiger partial charge in [-0.3, -0.25) is 14.6 Å². The molecule has 2 aliphatic heterocycles. The molecule has 2 unspecified atom stereocenters. The first kappa shape index (κ1) is 17.4. The largest absolute Gasteiger partial charge is 0.387 e. The number of β-amino-alcohol motifs (C(OH)–C–C–N with tert-alkyl or cyclic N) is 1. The van der Waals surface area contributed by atoms with Crippen LogP contribution in [0, 0.1) is 0 Å². The third-order valence-electron chi connectivity index (χ3n) is 5.30. The minimum Gasteiger partial charge on any atom is -0.387 e. The zero-order chi connectivity index (χ0) is 16.9. The number of aliphatic hydroxyl groups excluding tert-OH is 1. The SMILES string of the molecule is CC1CN(CCN2CCCC2=O)CCN1CC(O)c1ccccc1. The van der Waals surface area contributed by atoms with Gasteiger partial charge in [0.25, 0.3) is 0 Å². The summed E-state index contributed by atoms with van der Waals surface area (Å²) in [7, 11) is 0. The van der Waals surface area contributed by atoms with Crippen molar-refractivity contribution in [2.75, 3.05) is 45.8 Å². The lowest BCUT2D eigenvalue weighted by Crippen LogP contribution is -2.54. The summed E-state index contributed by atoms with van der Waals surface area (Å²) in [5.74, 6) is 0.313. The number of piperazine rings is 1. The molecule has 0 aromatic heterocycles. The van der Waals surface area contributed by atoms with Gasteiger partial charge in [-0.15, -0.1) is 0 Å². The summed E-state index contributed by atoms with van der Waals surface area (Å²) in [6.45, 7) is 8.64. The van der Waals surface area contributed by atoms with Crippen LogP contribution in [0.5, 0.6) is 0 Å². The van der Waals surface area contributed by atoms with Crippen LogP contribution in [0.2, 0.25) is 0 Å². The molecule has 2 atom stereocenters. The molecule has 2 heterocycles. The Bertz CT molecular complexity index is 537. The highest BCUT2D eigenvalue weighted by Gasteiger charge is 2.27. The fourth-order valence-electron chi connectivity index (χ4n) is 3.75. The lowest BCUT2D eigenvalue weighted by atomic mass is 10.1. The molecule has 2 saturated heterocycles. The van der Waals surface area contributed by atoms with Gasteiger partial charge in [-0.25, -0.2) is 0 Å². The van der Waals surface area contributed by atoms with Crippen molar-refractivity contribution in [1.82, 2.24) is 14.7 Å². The first-order chi connectivity index (χ1) is 11.6. The van der Waals surface area contributed by atoms with Crippen molar-refractivity contribution in [3.05, 3.63) is 35.9 Å². The molecule has 0 radical (unpaired) electrons. The zero-order valence-corrected chi connectivity index (χ0v) is 14.6. The van der Waals surface area contributed by atoms with Gasteiger partial charge in [0.15, 0.2) is 0 Å². The van der Waals surface area contributed by atoms with Gasteiger partial charge in [0.2, 0.25) is 5.91 Å². The molecule has 0 saturated carbocycles. The summed E-state index contributed by atoms with van der Waals surface area (Å²) in [4.78, 5) is 18.5. The number of carbonyl (C=O) groups excluding carboxylic acids is 1. The molecule has 1 aromatic carbocycles. The smallest absolute Gasteiger partial charge is 0.222 e. The van der Waals surface area contributed by atoms with E-state index in [9.17, 15) is 9.90 Å². The van der Waals surface area contributed by atoms with Crippen LogP contribution in [0.1, 0.15) is 31.4 Å². The van der Waals surface area contributed by atoms with E-state index >= 15 is 0 Å². The van der Waals surface area contributed by atoms with E-state index < -0.39 is 6.10 Å². The van der Waals surface area contributed by atoms with Gasteiger partial charge in [0.1, 0.15) is 0 Å². The number of aliphatic hydroxyl groups is 1. The number of carbonyl (C=O) groups is 1. The summed E-state index contributed by atoms with van der Waals surface area (Å²) >= 11 is 0. The standard InChI is InChI=1S/C19H29N3O2/c1-16-14-20(10-12-21-9-5-8-19(21)24)11-13-22(16)15-18(23)17-6-3-2-4-7-17/h2-4,6-7,16,18,23H,5,8-15H2,1H3. The predicted octanol–water partition coefficient (Wildman–Crippen LogP) is 1.35. The average molecular weight is 331 g/mol. The van der Waals surface area contributed by atoms with Crippen LogP contribution >= 0.6 is 0 Å². The van der Waals surface area contributed by atoms with Crippen molar-refractivity contribution < 1.29 is 9.90 Å². The summed E-state index contributed by atoms with van der Waals surface area (Å²) in [5, 5.41) is 10.4. The van der Waals surface area contributed by atoms with Gasteiger partial charge < -0.3 is 10.0 Å². The predicted molar refractivity (Wildman–Crippen MR) is 94.7 cm³/mol. The number of hydrogen-bond acceptors (Lipinski definition) is 4. The lowest BCUT2D eigenvalue weighted by Gasteiger charge is -2.41. The third-order valence-corrected chi connectivity index (χ3v) is 5.30. The first-order valence-electron chi connectivity index (χ1n) is 9.10. The minimum absolute atomic E-state index is 0.313. The number of likely N-dealkylation sites (tertiary alicyclic amines) is 1. The Morgan fingerprint density at radius 1 is 1.17 bits per heavy atom. The molecular formula is C19H29N3O2. The van der Waals surface area contributed by atoms with E-state index in [1.165, 1.54) is 0 Å². The molecule has 0 aliphatic carbocycles. The summed E-state index contributed by atoms with van der Waals surface area (Å²) < 4.78 is 0. The van der Waals surface area contributed by atoms with Crippen molar-refractivity contribution >= 4 is 5.91 Å². The average Bonchev–Trinajstić information content (AvgIpc) is 3.01. The van der Waals surface area contributed by atoms with E-state index in [-0.39, 0.29) is 0 Å². The molecule has 5 heteroatoms. The number of benzene rings is 1. The third kappa shape index (κ3) is 4.35. The van der Waals surface area contributed by atoms with Gasteiger partial charge in [-0.2, -0.15) is 0 Å². The highest BCUT2D eigenvalue weighted by Crippen LogP contribution is 2.18. The fourth-order valence-corrected chi connectivity index (χ4v) is 3.75. The Labute approximate surface area is 144 Å². The second-order valence-electron chi connectivity index (χ2n) is 7.06. The van der Waals surface area contributed by atoms with Crippen molar-refractivity contribution in [1.29, 1.82) is 0 Å². The van der Waals surface area contributed by atoms with E-state index in [0.717, 1.165) is 57.7 Å². The normalized spacial score (nSPS) is 24.5. The van der Waals surface area contributed by atoms with Gasteiger partial charge in [-0.1, -0.05) is 30.3 Å². The lowest BCUT2D eigenvalue weighted by molar-refractivity contribution is -0.127. The second-order valence-corrected chi connectivity index (χ2v) is 7.06. The van der Waals surface area contributed by atoms with E-state index in [0.29, 0.717) is 18.5 Å². The van der Waals surface area contributed by atoms with Gasteiger partial charge in [0, 0.05) is 58.3 Å². The van der Waals surface area contributed by atoms with Gasteiger partial charge in [0.05, 0.1) is 6.10 Å². The molecule has 2 fully saturated rings. The van der Waals surface area contributed by atoms with Crippen LogP contribution in [-0.2, 0) is 4.79 Å². The molecule has 5 nitrogen and oxygen atoms in total. The van der Waals surface area contributed by atoms with Crippen LogP contribution < -0.4 is 0 Å². The molecule has 1 aromatic rings. The van der Waals surface area contributed by atoms with Crippen LogP contribution in [-0.4, -0.2) is 77.6 Å². The quantitative estimate of drug-likeness (QED) is 0.855. The maximum absolute atomic E-state index is 11.7. The Balaban J connectivity index is 1.44. The molecule has 1 amide bonds. The van der Waals surface area contributed by atoms with Crippen molar-refractivity contribution in [2.24, 2.45) is 0 Å². The topological polar surface area (TPSA) is 47.0 Å². The van der Waals surface area contributed by atoms with Gasteiger partial charge in [-0.05, 0) is 18.9 Å². The van der Waals surface area contributed by atoms with E-state index in [2.05, 4.69) is 16.7 Å². The van der Waals surface area contributed by atoms with Crippen LogP contribution in [0.4, 0.5) is 0 Å². The molecule has 0 spiro atoms. The maximum atomic E-state index is 11.7. The monoisotopic (exact) mass is 331 g/mol. The van der Waals surface area contributed by atoms with E-state index in [4.69, 9.17) is 0 Å². The second kappa shape index (κ2) is 8.10.